The second kappa shape index (κ2) is 7.62. The third-order valence-corrected chi connectivity index (χ3v) is 3.60. The topological polar surface area (TPSA) is 118 Å². The van der Waals surface area contributed by atoms with Crippen LogP contribution in [0, 0.1) is 5.92 Å². The monoisotopic (exact) mass is 337 g/mol. The summed E-state index contributed by atoms with van der Waals surface area (Å²) in [6, 6.07) is 2.77. The van der Waals surface area contributed by atoms with Crippen molar-refractivity contribution in [3.05, 3.63) is 24.2 Å². The quantitative estimate of drug-likeness (QED) is 0.731. The van der Waals surface area contributed by atoms with Gasteiger partial charge in [0.05, 0.1) is 18.7 Å². The van der Waals surface area contributed by atoms with Crippen molar-refractivity contribution in [3.8, 4) is 0 Å². The molecule has 0 unspecified atom stereocenters. The van der Waals surface area contributed by atoms with Crippen LogP contribution in [0.25, 0.3) is 0 Å². The van der Waals surface area contributed by atoms with E-state index < -0.39 is 29.9 Å². The number of hydrogen-bond donors (Lipinski definition) is 2. The van der Waals surface area contributed by atoms with E-state index in [9.17, 15) is 19.2 Å². The molecule has 2 N–H and O–H groups in total. The molecule has 2 rings (SSSR count). The van der Waals surface area contributed by atoms with Gasteiger partial charge in [-0.1, -0.05) is 0 Å². The van der Waals surface area contributed by atoms with Gasteiger partial charge in [-0.15, -0.1) is 0 Å². The molecule has 9 nitrogen and oxygen atoms in total. The maximum atomic E-state index is 12.1. The van der Waals surface area contributed by atoms with Crippen molar-refractivity contribution in [1.82, 2.24) is 15.5 Å². The molecule has 0 bridgehead atoms. The molecule has 1 aliphatic rings. The number of amides is 4. The molecule has 4 amide bonds. The fraction of sp³-hybridized carbons (Fsp3) is 0.467. The highest BCUT2D eigenvalue weighted by Gasteiger charge is 2.37. The van der Waals surface area contributed by atoms with Crippen LogP contribution in [-0.4, -0.2) is 48.4 Å². The second-order valence-electron chi connectivity index (χ2n) is 5.40. The standard InChI is InChI=1S/C15H19N3O6/c1-9(13(20)17-15(22)16-2)24-14(21)10-6-12(19)18(7-10)8-11-4-3-5-23-11/h3-5,9-10H,6-8H2,1-2H3,(H2,16,17,20,22)/t9-,10-/m1/s1. The third-order valence-electron chi connectivity index (χ3n) is 3.60. The highest BCUT2D eigenvalue weighted by Crippen LogP contribution is 2.22. The summed E-state index contributed by atoms with van der Waals surface area (Å²) in [5, 5.41) is 4.24. The molecule has 1 aliphatic heterocycles. The van der Waals surface area contributed by atoms with Crippen LogP contribution in [0.1, 0.15) is 19.1 Å². The van der Waals surface area contributed by atoms with E-state index in [1.54, 1.807) is 12.1 Å². The van der Waals surface area contributed by atoms with E-state index in [2.05, 4.69) is 5.32 Å². The minimum absolute atomic E-state index is 0.0172. The van der Waals surface area contributed by atoms with E-state index in [1.807, 2.05) is 5.32 Å². The van der Waals surface area contributed by atoms with E-state index in [-0.39, 0.29) is 25.4 Å². The highest BCUT2D eigenvalue weighted by molar-refractivity contribution is 5.97. The Bertz CT molecular complexity index is 627. The molecule has 130 valence electrons. The van der Waals surface area contributed by atoms with Crippen molar-refractivity contribution in [3.63, 3.8) is 0 Å². The average Bonchev–Trinajstić information content (AvgIpc) is 3.17. The molecule has 2 heterocycles. The number of ether oxygens (including phenoxy) is 1. The van der Waals surface area contributed by atoms with Gasteiger partial charge in [0.2, 0.25) is 5.91 Å². The summed E-state index contributed by atoms with van der Waals surface area (Å²) in [5.74, 6) is -1.60. The van der Waals surface area contributed by atoms with Gasteiger partial charge in [-0.05, 0) is 19.1 Å². The smallest absolute Gasteiger partial charge is 0.321 e. The summed E-state index contributed by atoms with van der Waals surface area (Å²) in [6.45, 7) is 1.83. The van der Waals surface area contributed by atoms with E-state index in [4.69, 9.17) is 9.15 Å². The van der Waals surface area contributed by atoms with Gasteiger partial charge in [0.25, 0.3) is 5.91 Å². The molecule has 1 aromatic rings. The van der Waals surface area contributed by atoms with Crippen LogP contribution < -0.4 is 10.6 Å². The molecule has 1 aromatic heterocycles. The van der Waals surface area contributed by atoms with Crippen LogP contribution in [0.2, 0.25) is 0 Å². The van der Waals surface area contributed by atoms with Gasteiger partial charge in [-0.25, -0.2) is 4.79 Å². The van der Waals surface area contributed by atoms with Gasteiger partial charge in [-0.2, -0.15) is 0 Å². The number of urea groups is 1. The lowest BCUT2D eigenvalue weighted by atomic mass is 10.1. The molecule has 0 radical (unpaired) electrons. The van der Waals surface area contributed by atoms with Gasteiger partial charge in [0.15, 0.2) is 6.10 Å². The molecule has 0 aromatic carbocycles. The first kappa shape index (κ1) is 17.5. The zero-order valence-corrected chi connectivity index (χ0v) is 13.4. The van der Waals surface area contributed by atoms with Crippen LogP contribution in [0.4, 0.5) is 4.79 Å². The highest BCUT2D eigenvalue weighted by atomic mass is 16.5. The van der Waals surface area contributed by atoms with Gasteiger partial charge in [0.1, 0.15) is 5.76 Å². The number of carbonyl (C=O) groups excluding carboxylic acids is 4. The summed E-state index contributed by atoms with van der Waals surface area (Å²) < 4.78 is 10.2. The van der Waals surface area contributed by atoms with Crippen molar-refractivity contribution in [1.29, 1.82) is 0 Å². The van der Waals surface area contributed by atoms with Crippen molar-refractivity contribution in [2.24, 2.45) is 5.92 Å². The maximum absolute atomic E-state index is 12.1. The van der Waals surface area contributed by atoms with Crippen LogP contribution in [0.15, 0.2) is 22.8 Å². The number of likely N-dealkylation sites (tertiary alicyclic amines) is 1. The Balaban J connectivity index is 1.85. The third kappa shape index (κ3) is 4.34. The SMILES string of the molecule is CNC(=O)NC(=O)[C@@H](C)OC(=O)[C@@H]1CC(=O)N(Cc2ccco2)C1. The van der Waals surface area contributed by atoms with Crippen molar-refractivity contribution >= 4 is 23.8 Å². The molecule has 1 fully saturated rings. The maximum Gasteiger partial charge on any atom is 0.321 e. The Labute approximate surface area is 138 Å². The lowest BCUT2D eigenvalue weighted by Crippen LogP contribution is -2.44. The zero-order chi connectivity index (χ0) is 17.7. The van der Waals surface area contributed by atoms with E-state index in [0.717, 1.165) is 0 Å². The number of imide groups is 1. The van der Waals surface area contributed by atoms with Gasteiger partial charge < -0.3 is 19.4 Å². The Morgan fingerprint density at radius 2 is 2.21 bits per heavy atom. The molecule has 0 spiro atoms. The Morgan fingerprint density at radius 1 is 1.46 bits per heavy atom. The summed E-state index contributed by atoms with van der Waals surface area (Å²) in [4.78, 5) is 48.3. The first-order valence-electron chi connectivity index (χ1n) is 7.44. The number of rotatable bonds is 5. The van der Waals surface area contributed by atoms with Crippen LogP contribution in [0.5, 0.6) is 0 Å². The van der Waals surface area contributed by atoms with E-state index >= 15 is 0 Å². The first-order chi connectivity index (χ1) is 11.4. The first-order valence-corrected chi connectivity index (χ1v) is 7.44. The van der Waals surface area contributed by atoms with Gasteiger partial charge >= 0.3 is 12.0 Å². The number of carbonyl (C=O) groups is 4. The Morgan fingerprint density at radius 3 is 2.83 bits per heavy atom. The largest absolute Gasteiger partial charge is 0.467 e. The number of furan rings is 1. The Hall–Kier alpha value is -2.84. The summed E-state index contributed by atoms with van der Waals surface area (Å²) in [6.07, 6.45) is 0.390. The molecule has 0 aliphatic carbocycles. The normalized spacial score (nSPS) is 18.2. The fourth-order valence-corrected chi connectivity index (χ4v) is 2.27. The minimum atomic E-state index is -1.14. The molecule has 1 saturated heterocycles. The molecule has 24 heavy (non-hydrogen) atoms. The van der Waals surface area contributed by atoms with E-state index in [1.165, 1.54) is 25.1 Å². The molecular formula is C15H19N3O6. The Kier molecular flexibility index (Phi) is 5.56. The molecule has 9 heteroatoms. The lowest BCUT2D eigenvalue weighted by Gasteiger charge is -2.16. The summed E-state index contributed by atoms with van der Waals surface area (Å²) >= 11 is 0. The molecular weight excluding hydrogens is 318 g/mol. The number of nitrogens with zero attached hydrogens (tertiary/aromatic N) is 1. The van der Waals surface area contributed by atoms with Crippen molar-refractivity contribution in [2.45, 2.75) is 26.0 Å². The minimum Gasteiger partial charge on any atom is -0.467 e. The van der Waals surface area contributed by atoms with Crippen LogP contribution in [-0.2, 0) is 25.7 Å². The van der Waals surface area contributed by atoms with E-state index in [0.29, 0.717) is 5.76 Å². The second-order valence-corrected chi connectivity index (χ2v) is 5.40. The van der Waals surface area contributed by atoms with Gasteiger partial charge in [0, 0.05) is 20.0 Å². The van der Waals surface area contributed by atoms with Crippen LogP contribution >= 0.6 is 0 Å². The summed E-state index contributed by atoms with van der Waals surface area (Å²) in [5.41, 5.74) is 0. The lowest BCUT2D eigenvalue weighted by molar-refractivity contribution is -0.158. The van der Waals surface area contributed by atoms with Crippen molar-refractivity contribution in [2.75, 3.05) is 13.6 Å². The van der Waals surface area contributed by atoms with Gasteiger partial charge in [-0.3, -0.25) is 19.7 Å². The summed E-state index contributed by atoms with van der Waals surface area (Å²) in [7, 11) is 1.36. The van der Waals surface area contributed by atoms with Crippen LogP contribution in [0.3, 0.4) is 0 Å². The number of hydrogen-bond acceptors (Lipinski definition) is 6. The fourth-order valence-electron chi connectivity index (χ4n) is 2.27. The predicted octanol–water partition coefficient (Wildman–Crippen LogP) is 0.0154. The predicted molar refractivity (Wildman–Crippen MR) is 80.4 cm³/mol. The molecule has 2 atom stereocenters. The van der Waals surface area contributed by atoms with Crippen molar-refractivity contribution < 1.29 is 28.3 Å². The molecule has 0 saturated carbocycles. The zero-order valence-electron chi connectivity index (χ0n) is 13.4. The number of nitrogens with one attached hydrogen (secondary N) is 2. The number of esters is 1. The average molecular weight is 337 g/mol.